The number of carbonyl (C=O) groups excluding carboxylic acids is 1. The van der Waals surface area contributed by atoms with E-state index in [1.54, 1.807) is 30.4 Å². The molecule has 0 radical (unpaired) electrons. The summed E-state index contributed by atoms with van der Waals surface area (Å²) < 4.78 is 13.9. The molecule has 3 atom stereocenters. The summed E-state index contributed by atoms with van der Waals surface area (Å²) in [6, 6.07) is 16.3. The topological polar surface area (TPSA) is 115 Å². The number of nitrogens with zero attached hydrogens (tertiary/aromatic N) is 1. The Kier molecular flexibility index (Phi) is 7.71. The maximum atomic E-state index is 13.9. The number of phenols is 1. The highest BCUT2D eigenvalue weighted by Gasteiger charge is 2.32. The quantitative estimate of drug-likeness (QED) is 0.179. The van der Waals surface area contributed by atoms with Crippen molar-refractivity contribution in [3.8, 4) is 5.75 Å². The minimum absolute atomic E-state index is 0.0592. The number of carboxylic acid groups (broad SMARTS) is 1. The van der Waals surface area contributed by atoms with E-state index >= 15 is 0 Å². The number of benzene rings is 3. The van der Waals surface area contributed by atoms with E-state index in [-0.39, 0.29) is 23.1 Å². The number of hydrogen-bond acceptors (Lipinski definition) is 4. The molecule has 40 heavy (non-hydrogen) atoms. The van der Waals surface area contributed by atoms with Gasteiger partial charge < -0.3 is 20.5 Å². The molecule has 1 aromatic heterocycles. The van der Waals surface area contributed by atoms with Gasteiger partial charge in [-0.3, -0.25) is 4.79 Å². The van der Waals surface area contributed by atoms with Gasteiger partial charge in [0.15, 0.2) is 11.6 Å². The summed E-state index contributed by atoms with van der Waals surface area (Å²) in [4.78, 5) is 33.2. The van der Waals surface area contributed by atoms with Crippen molar-refractivity contribution in [3.05, 3.63) is 113 Å². The van der Waals surface area contributed by atoms with E-state index in [0.29, 0.717) is 28.0 Å². The summed E-state index contributed by atoms with van der Waals surface area (Å²) in [6.07, 6.45) is 6.84. The number of H-pyrrole nitrogens is 1. The van der Waals surface area contributed by atoms with Gasteiger partial charge in [0.05, 0.1) is 28.0 Å². The van der Waals surface area contributed by atoms with Crippen LogP contribution in [0.3, 0.4) is 0 Å². The third-order valence-corrected chi connectivity index (χ3v) is 7.41. The van der Waals surface area contributed by atoms with Gasteiger partial charge in [0.25, 0.3) is 5.91 Å². The van der Waals surface area contributed by atoms with Gasteiger partial charge >= 0.3 is 5.97 Å². The zero-order valence-electron chi connectivity index (χ0n) is 21.6. The summed E-state index contributed by atoms with van der Waals surface area (Å²) in [6.45, 7) is 2.03. The fraction of sp³-hybridized carbons (Fsp3) is 0.194. The number of allylic oxidation sites excluding steroid dienone is 4. The molecule has 1 heterocycles. The highest BCUT2D eigenvalue weighted by Crippen LogP contribution is 2.41. The Morgan fingerprint density at radius 1 is 1.15 bits per heavy atom. The van der Waals surface area contributed by atoms with Crippen molar-refractivity contribution in [2.75, 3.05) is 0 Å². The molecule has 1 unspecified atom stereocenters. The van der Waals surface area contributed by atoms with Crippen LogP contribution in [0.2, 0.25) is 0 Å². The Labute approximate surface area is 235 Å². The number of aromatic carboxylic acids is 1. The molecule has 4 N–H and O–H groups in total. The molecule has 1 aliphatic rings. The molecular formula is C31H27ClFN3O4. The third kappa shape index (κ3) is 5.35. The smallest absolute Gasteiger partial charge is 0.336 e. The number of carbonyl (C=O) groups is 2. The van der Waals surface area contributed by atoms with Gasteiger partial charge in [-0.05, 0) is 29.7 Å². The molecule has 0 saturated carbocycles. The Morgan fingerprint density at radius 3 is 2.65 bits per heavy atom. The second-order valence-electron chi connectivity index (χ2n) is 9.67. The number of phenolic OH excluding ortho intramolecular Hbond substituents is 1. The van der Waals surface area contributed by atoms with E-state index in [1.807, 2.05) is 37.3 Å². The number of nitrogens with one attached hydrogen (secondary N) is 2. The average molecular weight is 560 g/mol. The Morgan fingerprint density at radius 2 is 1.93 bits per heavy atom. The first kappa shape index (κ1) is 27.1. The molecule has 1 aliphatic carbocycles. The second kappa shape index (κ2) is 11.4. The van der Waals surface area contributed by atoms with Crippen LogP contribution in [0, 0.1) is 5.82 Å². The fourth-order valence-electron chi connectivity index (χ4n) is 5.06. The number of alkyl halides is 1. The number of aromatic hydroxyl groups is 1. The highest BCUT2D eigenvalue weighted by atomic mass is 35.5. The van der Waals surface area contributed by atoms with Crippen molar-refractivity contribution in [2.45, 2.75) is 37.1 Å². The molecule has 3 aromatic carbocycles. The van der Waals surface area contributed by atoms with Crippen LogP contribution in [0.5, 0.6) is 5.75 Å². The molecule has 0 saturated heterocycles. The summed E-state index contributed by atoms with van der Waals surface area (Å²) in [5.41, 5.74) is 2.84. The van der Waals surface area contributed by atoms with Gasteiger partial charge in [-0.15, -0.1) is 11.6 Å². The van der Waals surface area contributed by atoms with Gasteiger partial charge in [-0.2, -0.15) is 0 Å². The van der Waals surface area contributed by atoms with E-state index < -0.39 is 28.8 Å². The Hall–Kier alpha value is -4.43. The summed E-state index contributed by atoms with van der Waals surface area (Å²) in [7, 11) is 0. The summed E-state index contributed by atoms with van der Waals surface area (Å²) >= 11 is 6.72. The molecule has 0 bridgehead atoms. The molecule has 0 fully saturated rings. The fourth-order valence-corrected chi connectivity index (χ4v) is 5.42. The lowest BCUT2D eigenvalue weighted by Gasteiger charge is -2.27. The molecule has 9 heteroatoms. The molecule has 0 aliphatic heterocycles. The van der Waals surface area contributed by atoms with Crippen LogP contribution in [0.4, 0.5) is 4.39 Å². The summed E-state index contributed by atoms with van der Waals surface area (Å²) in [5.74, 6) is -3.16. The van der Waals surface area contributed by atoms with Crippen LogP contribution < -0.4 is 5.32 Å². The lowest BCUT2D eigenvalue weighted by Crippen LogP contribution is -2.29. The predicted octanol–water partition coefficient (Wildman–Crippen LogP) is 6.72. The molecule has 204 valence electrons. The van der Waals surface area contributed by atoms with Crippen LogP contribution in [-0.4, -0.2) is 37.4 Å². The Bertz CT molecular complexity index is 1610. The van der Waals surface area contributed by atoms with E-state index in [0.717, 1.165) is 24.5 Å². The zero-order chi connectivity index (χ0) is 28.4. The molecule has 7 nitrogen and oxygen atoms in total. The van der Waals surface area contributed by atoms with Gasteiger partial charge in [-0.25, -0.2) is 14.2 Å². The number of hydrogen-bond donors (Lipinski definition) is 4. The number of amides is 1. The molecule has 5 rings (SSSR count). The summed E-state index contributed by atoms with van der Waals surface area (Å²) in [5, 5.41) is 22.3. The Balaban J connectivity index is 1.50. The first-order valence-corrected chi connectivity index (χ1v) is 13.3. The largest absolute Gasteiger partial charge is 0.505 e. The maximum absolute atomic E-state index is 13.9. The lowest BCUT2D eigenvalue weighted by molar-refractivity contribution is 0.0695. The van der Waals surface area contributed by atoms with Gasteiger partial charge in [-0.1, -0.05) is 68.0 Å². The van der Waals surface area contributed by atoms with Crippen LogP contribution in [0.15, 0.2) is 78.9 Å². The van der Waals surface area contributed by atoms with Crippen molar-refractivity contribution in [1.29, 1.82) is 0 Å². The van der Waals surface area contributed by atoms with Crippen LogP contribution in [-0.2, 0) is 0 Å². The van der Waals surface area contributed by atoms with E-state index in [9.17, 15) is 24.2 Å². The molecule has 1 amide bonds. The standard InChI is InChI=1S/C31H27ClFN3O4/c1-2-7-24(17-8-4-3-5-9-17)36-30(38)18-12-13-19(21(14-18)31(39)40)28-20(10-6-11-22(28)32)29-34-25-15-23(33)27(37)16-26(25)35-29/h3-6,8-16,22,24,28,37H,2,7H2,1H3,(H,34,35)(H,36,38)(H,39,40)/t22?,24-,28-/m1/s1. The minimum atomic E-state index is -1.20. The number of carboxylic acids is 1. The number of halogens is 2. The van der Waals surface area contributed by atoms with E-state index in [4.69, 9.17) is 11.6 Å². The average Bonchev–Trinajstić information content (AvgIpc) is 3.35. The van der Waals surface area contributed by atoms with Crippen molar-refractivity contribution in [1.82, 2.24) is 15.3 Å². The van der Waals surface area contributed by atoms with Gasteiger partial charge in [0.1, 0.15) is 5.82 Å². The molecule has 4 aromatic rings. The minimum Gasteiger partial charge on any atom is -0.505 e. The predicted molar refractivity (Wildman–Crippen MR) is 152 cm³/mol. The van der Waals surface area contributed by atoms with Crippen molar-refractivity contribution in [2.24, 2.45) is 0 Å². The lowest BCUT2D eigenvalue weighted by atomic mass is 9.81. The third-order valence-electron chi connectivity index (χ3n) is 7.01. The monoisotopic (exact) mass is 559 g/mol. The van der Waals surface area contributed by atoms with Crippen LogP contribution in [0.1, 0.15) is 69.4 Å². The SMILES string of the molecule is CCC[C@@H](NC(=O)c1ccc([C@@H]2C(c3nc4cc(O)c(F)cc4[nH]3)=CC=CC2Cl)c(C(=O)O)c1)c1ccccc1. The van der Waals surface area contributed by atoms with Crippen LogP contribution in [0.25, 0.3) is 16.6 Å². The number of fused-ring (bicyclic) bond motifs is 1. The second-order valence-corrected chi connectivity index (χ2v) is 10.2. The van der Waals surface area contributed by atoms with E-state index in [2.05, 4.69) is 15.3 Å². The van der Waals surface area contributed by atoms with Crippen LogP contribution >= 0.6 is 11.6 Å². The first-order valence-electron chi connectivity index (χ1n) is 12.9. The van der Waals surface area contributed by atoms with Crippen molar-refractivity contribution >= 4 is 40.1 Å². The van der Waals surface area contributed by atoms with Crippen molar-refractivity contribution in [3.63, 3.8) is 0 Å². The highest BCUT2D eigenvalue weighted by molar-refractivity contribution is 6.23. The van der Waals surface area contributed by atoms with E-state index in [1.165, 1.54) is 12.1 Å². The maximum Gasteiger partial charge on any atom is 0.336 e. The number of aromatic nitrogens is 2. The first-order chi connectivity index (χ1) is 19.3. The van der Waals surface area contributed by atoms with Gasteiger partial charge in [0, 0.05) is 29.2 Å². The number of aromatic amines is 1. The van der Waals surface area contributed by atoms with Crippen molar-refractivity contribution < 1.29 is 24.2 Å². The van der Waals surface area contributed by atoms with Gasteiger partial charge in [0.2, 0.25) is 0 Å². The normalized spacial score (nSPS) is 17.4. The molecule has 0 spiro atoms. The molecular weight excluding hydrogens is 533 g/mol. The number of imidazole rings is 1. The number of rotatable bonds is 8. The zero-order valence-corrected chi connectivity index (χ0v) is 22.3.